The highest BCUT2D eigenvalue weighted by Gasteiger charge is 2.52. The number of ether oxygens (including phenoxy) is 2. The Morgan fingerprint density at radius 1 is 1.11 bits per heavy atom. The molecule has 0 spiro atoms. The summed E-state index contributed by atoms with van der Waals surface area (Å²) >= 11 is 0. The Labute approximate surface area is 165 Å². The van der Waals surface area contributed by atoms with E-state index in [-0.39, 0.29) is 18.3 Å². The van der Waals surface area contributed by atoms with Gasteiger partial charge in [0.25, 0.3) is 0 Å². The van der Waals surface area contributed by atoms with E-state index in [1.54, 1.807) is 14.2 Å². The van der Waals surface area contributed by atoms with Gasteiger partial charge >= 0.3 is 7.12 Å². The molecular formula is C21H36BNO4. The van der Waals surface area contributed by atoms with Crippen LogP contribution in [0.15, 0.2) is 18.2 Å². The third kappa shape index (κ3) is 5.05. The molecule has 0 aromatic heterocycles. The maximum absolute atomic E-state index is 6.31. The fourth-order valence-electron chi connectivity index (χ4n) is 3.19. The highest BCUT2D eigenvalue weighted by Crippen LogP contribution is 2.37. The van der Waals surface area contributed by atoms with E-state index in [4.69, 9.17) is 18.8 Å². The molecule has 1 aliphatic rings. The largest absolute Gasteiger partial charge is 0.497 e. The molecule has 0 bridgehead atoms. The molecule has 0 aliphatic carbocycles. The number of methoxy groups -OCH3 is 2. The van der Waals surface area contributed by atoms with Gasteiger partial charge in [0.15, 0.2) is 0 Å². The minimum absolute atomic E-state index is 0.360. The van der Waals surface area contributed by atoms with Crippen LogP contribution in [0.2, 0.25) is 0 Å². The number of hydrogen-bond acceptors (Lipinski definition) is 5. The van der Waals surface area contributed by atoms with Gasteiger partial charge in [-0.3, -0.25) is 4.90 Å². The van der Waals surface area contributed by atoms with E-state index in [9.17, 15) is 0 Å². The van der Waals surface area contributed by atoms with Crippen LogP contribution in [0.1, 0.15) is 53.5 Å². The van der Waals surface area contributed by atoms with Crippen molar-refractivity contribution < 1.29 is 18.8 Å². The van der Waals surface area contributed by atoms with E-state index in [1.807, 2.05) is 6.07 Å². The zero-order valence-electron chi connectivity index (χ0n) is 18.3. The van der Waals surface area contributed by atoms with E-state index >= 15 is 0 Å². The van der Waals surface area contributed by atoms with Crippen molar-refractivity contribution in [3.05, 3.63) is 23.8 Å². The predicted octanol–water partition coefficient (Wildman–Crippen LogP) is 3.24. The monoisotopic (exact) mass is 377 g/mol. The Hall–Kier alpha value is -1.08. The lowest BCUT2D eigenvalue weighted by molar-refractivity contribution is 0.00578. The first-order valence-electron chi connectivity index (χ1n) is 9.90. The Bertz CT molecular complexity index is 604. The molecule has 0 amide bonds. The van der Waals surface area contributed by atoms with Crippen molar-refractivity contribution in [2.75, 3.05) is 27.4 Å². The summed E-state index contributed by atoms with van der Waals surface area (Å²) in [6.45, 7) is 15.2. The summed E-state index contributed by atoms with van der Waals surface area (Å²) in [5, 5.41) is 0. The Kier molecular flexibility index (Phi) is 7.36. The zero-order valence-corrected chi connectivity index (χ0v) is 18.3. The van der Waals surface area contributed by atoms with Crippen LogP contribution < -0.4 is 10.2 Å². The van der Waals surface area contributed by atoms with Crippen LogP contribution in [-0.2, 0) is 20.6 Å². The van der Waals surface area contributed by atoms with Crippen LogP contribution in [0.4, 0.5) is 0 Å². The normalized spacial score (nSPS) is 19.5. The maximum Gasteiger partial charge on any atom is 0.495 e. The van der Waals surface area contributed by atoms with Crippen molar-refractivity contribution in [2.45, 2.75) is 71.8 Å². The van der Waals surface area contributed by atoms with Gasteiger partial charge in [-0.25, -0.2) is 0 Å². The first-order chi connectivity index (χ1) is 12.6. The van der Waals surface area contributed by atoms with Crippen LogP contribution in [-0.4, -0.2) is 56.6 Å². The summed E-state index contributed by atoms with van der Waals surface area (Å²) in [6, 6.07) is 6.61. The van der Waals surface area contributed by atoms with Crippen LogP contribution in [0.5, 0.6) is 5.75 Å². The molecule has 0 N–H and O–H groups in total. The van der Waals surface area contributed by atoms with Crippen LogP contribution in [0.3, 0.4) is 0 Å². The quantitative estimate of drug-likeness (QED) is 0.618. The number of benzene rings is 1. The standard InChI is InChI=1S/C21H36BNO4/c1-9-16(2)23(12-13-24-7)15-17-14-18(25-8)10-11-19(17)22-26-20(3,4)21(5,6)27-22/h10-11,14,16H,9,12-13,15H2,1-8H3. The SMILES string of the molecule is CCC(C)N(CCOC)Cc1cc(OC)ccc1B1OC(C)(C)C(C)(C)O1. The van der Waals surface area contributed by atoms with Crippen molar-refractivity contribution in [1.82, 2.24) is 4.90 Å². The lowest BCUT2D eigenvalue weighted by atomic mass is 9.75. The lowest BCUT2D eigenvalue weighted by Gasteiger charge is -2.32. The smallest absolute Gasteiger partial charge is 0.495 e. The number of nitrogens with zero attached hydrogens (tertiary/aromatic N) is 1. The third-order valence-electron chi connectivity index (χ3n) is 6.03. The highest BCUT2D eigenvalue weighted by molar-refractivity contribution is 6.62. The fraction of sp³-hybridized carbons (Fsp3) is 0.714. The van der Waals surface area contributed by atoms with E-state index in [0.29, 0.717) is 12.6 Å². The van der Waals surface area contributed by atoms with Crippen LogP contribution in [0, 0.1) is 0 Å². The minimum Gasteiger partial charge on any atom is -0.497 e. The van der Waals surface area contributed by atoms with Crippen molar-refractivity contribution in [1.29, 1.82) is 0 Å². The minimum atomic E-state index is -0.378. The molecule has 152 valence electrons. The zero-order chi connectivity index (χ0) is 20.2. The molecule has 1 heterocycles. The van der Waals surface area contributed by atoms with Gasteiger partial charge in [-0.1, -0.05) is 13.0 Å². The molecule has 0 saturated carbocycles. The topological polar surface area (TPSA) is 40.2 Å². The van der Waals surface area contributed by atoms with Gasteiger partial charge in [-0.05, 0) is 64.2 Å². The molecule has 0 radical (unpaired) electrons. The molecule has 1 fully saturated rings. The van der Waals surface area contributed by atoms with Crippen molar-refractivity contribution >= 4 is 12.6 Å². The number of hydrogen-bond donors (Lipinski definition) is 0. The summed E-state index contributed by atoms with van der Waals surface area (Å²) in [6.07, 6.45) is 1.08. The second-order valence-electron chi connectivity index (χ2n) is 8.37. The molecule has 2 rings (SSSR count). The molecule has 1 atom stereocenters. The van der Waals surface area contributed by atoms with E-state index < -0.39 is 0 Å². The van der Waals surface area contributed by atoms with Crippen molar-refractivity contribution in [3.63, 3.8) is 0 Å². The fourth-order valence-corrected chi connectivity index (χ4v) is 3.19. The summed E-state index contributed by atoms with van der Waals surface area (Å²) in [7, 11) is 3.07. The molecule has 1 aromatic rings. The third-order valence-corrected chi connectivity index (χ3v) is 6.03. The summed E-state index contributed by atoms with van der Waals surface area (Å²) in [5.41, 5.74) is 1.52. The van der Waals surface area contributed by atoms with Gasteiger partial charge in [0.05, 0.1) is 24.9 Å². The molecule has 5 nitrogen and oxygen atoms in total. The van der Waals surface area contributed by atoms with E-state index in [2.05, 4.69) is 58.6 Å². The average Bonchev–Trinajstić information content (AvgIpc) is 2.84. The van der Waals surface area contributed by atoms with Crippen molar-refractivity contribution in [2.24, 2.45) is 0 Å². The van der Waals surface area contributed by atoms with Gasteiger partial charge < -0.3 is 18.8 Å². The molecule has 1 aromatic carbocycles. The Morgan fingerprint density at radius 3 is 2.26 bits per heavy atom. The summed E-state index contributed by atoms with van der Waals surface area (Å²) in [5.74, 6) is 0.848. The van der Waals surface area contributed by atoms with Crippen LogP contribution in [0.25, 0.3) is 0 Å². The number of rotatable bonds is 9. The highest BCUT2D eigenvalue weighted by atomic mass is 16.7. The van der Waals surface area contributed by atoms with E-state index in [1.165, 1.54) is 5.56 Å². The van der Waals surface area contributed by atoms with E-state index in [0.717, 1.165) is 30.7 Å². The van der Waals surface area contributed by atoms with Gasteiger partial charge in [0, 0.05) is 26.2 Å². The van der Waals surface area contributed by atoms with Gasteiger partial charge in [-0.15, -0.1) is 0 Å². The Balaban J connectivity index is 2.34. The first-order valence-corrected chi connectivity index (χ1v) is 9.90. The first kappa shape index (κ1) is 22.2. The van der Waals surface area contributed by atoms with Crippen LogP contribution >= 0.6 is 0 Å². The molecule has 27 heavy (non-hydrogen) atoms. The molecular weight excluding hydrogens is 341 g/mol. The molecule has 6 heteroatoms. The van der Waals surface area contributed by atoms with Gasteiger partial charge in [-0.2, -0.15) is 0 Å². The van der Waals surface area contributed by atoms with Crippen molar-refractivity contribution in [3.8, 4) is 5.75 Å². The maximum atomic E-state index is 6.31. The predicted molar refractivity (Wildman–Crippen MR) is 111 cm³/mol. The van der Waals surface area contributed by atoms with Gasteiger partial charge in [0.2, 0.25) is 0 Å². The Morgan fingerprint density at radius 2 is 1.74 bits per heavy atom. The second kappa shape index (κ2) is 8.95. The lowest BCUT2D eigenvalue weighted by Crippen LogP contribution is -2.41. The molecule has 1 aliphatic heterocycles. The molecule has 1 unspecified atom stereocenters. The van der Waals surface area contributed by atoms with Gasteiger partial charge in [0.1, 0.15) is 5.75 Å². The molecule has 1 saturated heterocycles. The average molecular weight is 377 g/mol. The summed E-state index contributed by atoms with van der Waals surface area (Å²) in [4.78, 5) is 2.44. The summed E-state index contributed by atoms with van der Waals surface area (Å²) < 4.78 is 23.4. The second-order valence-corrected chi connectivity index (χ2v) is 8.37.